The van der Waals surface area contributed by atoms with Crippen LogP contribution in [0, 0.1) is 0 Å². The van der Waals surface area contributed by atoms with E-state index in [1.54, 1.807) is 20.1 Å². The van der Waals surface area contributed by atoms with Gasteiger partial charge in [0.2, 0.25) is 0 Å². The second kappa shape index (κ2) is 6.39. The van der Waals surface area contributed by atoms with Gasteiger partial charge in [-0.25, -0.2) is 4.79 Å². The van der Waals surface area contributed by atoms with E-state index in [1.807, 2.05) is 0 Å². The van der Waals surface area contributed by atoms with E-state index in [2.05, 4.69) is 4.99 Å². The zero-order valence-electron chi connectivity index (χ0n) is 12.8. The summed E-state index contributed by atoms with van der Waals surface area (Å²) >= 11 is 1.38. The zero-order chi connectivity index (χ0) is 17.4. The van der Waals surface area contributed by atoms with Crippen LogP contribution in [0.1, 0.15) is 30.9 Å². The summed E-state index contributed by atoms with van der Waals surface area (Å²) < 4.78 is 38.9. The van der Waals surface area contributed by atoms with E-state index in [1.165, 1.54) is 23.9 Å². The Morgan fingerprint density at radius 2 is 1.96 bits per heavy atom. The summed E-state index contributed by atoms with van der Waals surface area (Å²) in [6.07, 6.45) is -2.67. The van der Waals surface area contributed by atoms with Crippen LogP contribution in [0.5, 0.6) is 0 Å². The lowest BCUT2D eigenvalue weighted by atomic mass is 9.83. The fourth-order valence-electron chi connectivity index (χ4n) is 2.85. The standard InChI is InChI=1S/C16H16F3NO2S/c1-8-12(15(21)22)13(14(23-3)9(2)20-8)10-5-4-6-11(7-10)16(17,18)19/h4-7,13-14H,1-3H3,(H,21,22). The maximum Gasteiger partial charge on any atom is 0.416 e. The summed E-state index contributed by atoms with van der Waals surface area (Å²) in [5, 5.41) is 9.20. The molecule has 2 atom stereocenters. The van der Waals surface area contributed by atoms with Crippen LogP contribution in [-0.4, -0.2) is 28.3 Å². The molecule has 1 aromatic rings. The maximum atomic E-state index is 13.0. The summed E-state index contributed by atoms with van der Waals surface area (Å²) in [4.78, 5) is 15.9. The van der Waals surface area contributed by atoms with Crippen LogP contribution < -0.4 is 0 Å². The van der Waals surface area contributed by atoms with Crippen molar-refractivity contribution in [3.05, 3.63) is 46.7 Å². The molecule has 0 spiro atoms. The van der Waals surface area contributed by atoms with Gasteiger partial charge < -0.3 is 5.11 Å². The Bertz CT molecular complexity index is 695. The topological polar surface area (TPSA) is 49.7 Å². The minimum Gasteiger partial charge on any atom is -0.478 e. The highest BCUT2D eigenvalue weighted by Crippen LogP contribution is 2.41. The number of hydrogen-bond donors (Lipinski definition) is 1. The van der Waals surface area contributed by atoms with Crippen molar-refractivity contribution in [3.63, 3.8) is 0 Å². The molecule has 0 radical (unpaired) electrons. The SMILES string of the molecule is CSC1C(C)=NC(C)=C(C(=O)O)C1c1cccc(C(F)(F)F)c1. The number of alkyl halides is 3. The van der Waals surface area contributed by atoms with Crippen LogP contribution in [-0.2, 0) is 11.0 Å². The first kappa shape index (κ1) is 17.6. The first-order valence-electron chi connectivity index (χ1n) is 6.86. The second-order valence-corrected chi connectivity index (χ2v) is 6.29. The van der Waals surface area contributed by atoms with Gasteiger partial charge in [-0.05, 0) is 31.7 Å². The lowest BCUT2D eigenvalue weighted by Crippen LogP contribution is -2.31. The van der Waals surface area contributed by atoms with Gasteiger partial charge in [0.25, 0.3) is 0 Å². The Hall–Kier alpha value is -1.76. The van der Waals surface area contributed by atoms with Crippen LogP contribution in [0.15, 0.2) is 40.5 Å². The molecule has 23 heavy (non-hydrogen) atoms. The number of aliphatic imine (C=N–C) groups is 1. The lowest BCUT2D eigenvalue weighted by molar-refractivity contribution is -0.137. The molecule has 124 valence electrons. The molecule has 1 aromatic carbocycles. The number of carboxylic acid groups (broad SMARTS) is 1. The second-order valence-electron chi connectivity index (χ2n) is 5.31. The van der Waals surface area contributed by atoms with Crippen molar-refractivity contribution in [1.82, 2.24) is 0 Å². The number of carbonyl (C=O) groups is 1. The van der Waals surface area contributed by atoms with Crippen LogP contribution in [0.2, 0.25) is 0 Å². The highest BCUT2D eigenvalue weighted by atomic mass is 32.2. The van der Waals surface area contributed by atoms with Crippen LogP contribution in [0.25, 0.3) is 0 Å². The molecule has 2 unspecified atom stereocenters. The molecule has 0 aliphatic carbocycles. The average Bonchev–Trinajstić information content (AvgIpc) is 2.45. The molecule has 0 bridgehead atoms. The van der Waals surface area contributed by atoms with Crippen molar-refractivity contribution in [2.75, 3.05) is 6.26 Å². The minimum absolute atomic E-state index is 0.0503. The highest BCUT2D eigenvalue weighted by molar-refractivity contribution is 8.00. The molecule has 0 saturated carbocycles. The summed E-state index contributed by atoms with van der Waals surface area (Å²) in [5.41, 5.74) is 0.655. The molecule has 0 fully saturated rings. The monoisotopic (exact) mass is 343 g/mol. The Labute approximate surface area is 136 Å². The summed E-state index contributed by atoms with van der Waals surface area (Å²) in [6, 6.07) is 4.87. The Morgan fingerprint density at radius 1 is 1.30 bits per heavy atom. The van der Waals surface area contributed by atoms with Gasteiger partial charge in [-0.3, -0.25) is 4.99 Å². The highest BCUT2D eigenvalue weighted by Gasteiger charge is 2.38. The van der Waals surface area contributed by atoms with Crippen molar-refractivity contribution in [3.8, 4) is 0 Å². The Kier molecular flexibility index (Phi) is 4.89. The minimum atomic E-state index is -4.47. The molecule has 1 N–H and O–H groups in total. The van der Waals surface area contributed by atoms with Gasteiger partial charge in [0, 0.05) is 17.3 Å². The van der Waals surface area contributed by atoms with E-state index in [0.29, 0.717) is 17.0 Å². The third-order valence-corrected chi connectivity index (χ3v) is 4.94. The van der Waals surface area contributed by atoms with Crippen LogP contribution in [0.3, 0.4) is 0 Å². The number of rotatable bonds is 3. The number of benzene rings is 1. The van der Waals surface area contributed by atoms with Gasteiger partial charge in [0.05, 0.1) is 16.4 Å². The number of halogens is 3. The van der Waals surface area contributed by atoms with Crippen LogP contribution in [0.4, 0.5) is 13.2 Å². The van der Waals surface area contributed by atoms with E-state index >= 15 is 0 Å². The number of allylic oxidation sites excluding steroid dienone is 1. The van der Waals surface area contributed by atoms with Crippen molar-refractivity contribution < 1.29 is 23.1 Å². The molecule has 1 heterocycles. The normalized spacial score (nSPS) is 22.1. The fraction of sp³-hybridized carbons (Fsp3) is 0.375. The van der Waals surface area contributed by atoms with Gasteiger partial charge in [0.15, 0.2) is 0 Å². The molecule has 1 aliphatic heterocycles. The molecule has 0 amide bonds. The third-order valence-electron chi connectivity index (χ3n) is 3.82. The fourth-order valence-corrected chi connectivity index (χ4v) is 3.81. The van der Waals surface area contributed by atoms with Gasteiger partial charge >= 0.3 is 12.1 Å². The largest absolute Gasteiger partial charge is 0.478 e. The van der Waals surface area contributed by atoms with Gasteiger partial charge in [0.1, 0.15) is 0 Å². The van der Waals surface area contributed by atoms with Crippen molar-refractivity contribution in [2.24, 2.45) is 4.99 Å². The number of hydrogen-bond acceptors (Lipinski definition) is 3. The lowest BCUT2D eigenvalue weighted by Gasteiger charge is -2.31. The summed E-state index contributed by atoms with van der Waals surface area (Å²) in [6.45, 7) is 3.34. The van der Waals surface area contributed by atoms with Crippen molar-refractivity contribution in [1.29, 1.82) is 0 Å². The molecule has 7 heteroatoms. The predicted octanol–water partition coefficient (Wildman–Crippen LogP) is 4.35. The van der Waals surface area contributed by atoms with E-state index in [4.69, 9.17) is 0 Å². The number of aliphatic carboxylic acids is 1. The Balaban J connectivity index is 2.62. The van der Waals surface area contributed by atoms with E-state index in [9.17, 15) is 23.1 Å². The summed E-state index contributed by atoms with van der Waals surface area (Å²) in [7, 11) is 0. The molecule has 1 aliphatic rings. The van der Waals surface area contributed by atoms with Gasteiger partial charge in [-0.15, -0.1) is 0 Å². The van der Waals surface area contributed by atoms with E-state index in [0.717, 1.165) is 12.1 Å². The smallest absolute Gasteiger partial charge is 0.416 e. The van der Waals surface area contributed by atoms with Gasteiger partial charge in [-0.2, -0.15) is 24.9 Å². The quantitative estimate of drug-likeness (QED) is 0.887. The first-order chi connectivity index (χ1) is 10.7. The maximum absolute atomic E-state index is 13.0. The number of carboxylic acids is 1. The van der Waals surface area contributed by atoms with Crippen molar-refractivity contribution in [2.45, 2.75) is 31.2 Å². The summed E-state index contributed by atoms with van der Waals surface area (Å²) in [5.74, 6) is -1.82. The van der Waals surface area contributed by atoms with E-state index < -0.39 is 23.6 Å². The molecule has 3 nitrogen and oxygen atoms in total. The number of thioether (sulfide) groups is 1. The van der Waals surface area contributed by atoms with E-state index in [-0.39, 0.29) is 10.8 Å². The Morgan fingerprint density at radius 3 is 2.48 bits per heavy atom. The zero-order valence-corrected chi connectivity index (χ0v) is 13.6. The molecule has 0 saturated heterocycles. The van der Waals surface area contributed by atoms with Gasteiger partial charge in [-0.1, -0.05) is 18.2 Å². The van der Waals surface area contributed by atoms with Crippen molar-refractivity contribution >= 4 is 23.4 Å². The van der Waals surface area contributed by atoms with Crippen LogP contribution >= 0.6 is 11.8 Å². The first-order valence-corrected chi connectivity index (χ1v) is 8.14. The predicted molar refractivity (Wildman–Crippen MR) is 84.9 cm³/mol. The molecule has 2 rings (SSSR count). The third kappa shape index (κ3) is 3.44. The molecular weight excluding hydrogens is 327 g/mol. The average molecular weight is 343 g/mol. The molecular formula is C16H16F3NO2S. The molecule has 0 aromatic heterocycles. The number of nitrogens with zero attached hydrogens (tertiary/aromatic N) is 1.